The minimum Gasteiger partial charge on any atom is -0.323 e. The number of nitrogens with zero attached hydrogens (tertiary/aromatic N) is 3. The second-order valence-electron chi connectivity index (χ2n) is 5.58. The van der Waals surface area contributed by atoms with Gasteiger partial charge in [0.15, 0.2) is 0 Å². The van der Waals surface area contributed by atoms with Crippen LogP contribution in [0.5, 0.6) is 0 Å². The number of nitrogens with one attached hydrogen (secondary N) is 2. The molecule has 1 heterocycles. The highest BCUT2D eigenvalue weighted by Gasteiger charge is 2.09. The predicted octanol–water partition coefficient (Wildman–Crippen LogP) is 3.91. The van der Waals surface area contributed by atoms with E-state index in [2.05, 4.69) is 33.6 Å². The SMILES string of the molecule is CCc1ccc(NC(=O)c2cnc(Nc3ccccc3C#N)nc2)cc1. The molecule has 3 rings (SSSR count). The smallest absolute Gasteiger partial charge is 0.258 e. The molecule has 6 nitrogen and oxygen atoms in total. The lowest BCUT2D eigenvalue weighted by atomic mass is 10.1. The van der Waals surface area contributed by atoms with Gasteiger partial charge in [-0.1, -0.05) is 31.2 Å². The lowest BCUT2D eigenvalue weighted by Crippen LogP contribution is -2.13. The van der Waals surface area contributed by atoms with Gasteiger partial charge in [0, 0.05) is 18.1 Å². The normalized spacial score (nSPS) is 10.0. The Morgan fingerprint density at radius 2 is 1.77 bits per heavy atom. The lowest BCUT2D eigenvalue weighted by Gasteiger charge is -2.08. The minimum absolute atomic E-state index is 0.279. The van der Waals surface area contributed by atoms with E-state index in [1.54, 1.807) is 18.2 Å². The lowest BCUT2D eigenvalue weighted by molar-refractivity contribution is 0.102. The van der Waals surface area contributed by atoms with Crippen LogP contribution in [0.4, 0.5) is 17.3 Å². The van der Waals surface area contributed by atoms with Crippen LogP contribution in [0.1, 0.15) is 28.4 Å². The second-order valence-corrected chi connectivity index (χ2v) is 5.58. The largest absolute Gasteiger partial charge is 0.323 e. The van der Waals surface area contributed by atoms with Gasteiger partial charge in [-0.05, 0) is 36.2 Å². The topological polar surface area (TPSA) is 90.7 Å². The number of carbonyl (C=O) groups is 1. The highest BCUT2D eigenvalue weighted by Crippen LogP contribution is 2.17. The van der Waals surface area contributed by atoms with Gasteiger partial charge < -0.3 is 10.6 Å². The molecule has 0 aliphatic heterocycles. The zero-order chi connectivity index (χ0) is 18.4. The van der Waals surface area contributed by atoms with Crippen molar-refractivity contribution in [2.24, 2.45) is 0 Å². The Labute approximate surface area is 151 Å². The van der Waals surface area contributed by atoms with Crippen LogP contribution in [0.15, 0.2) is 60.9 Å². The van der Waals surface area contributed by atoms with Gasteiger partial charge in [-0.3, -0.25) is 4.79 Å². The van der Waals surface area contributed by atoms with E-state index in [1.165, 1.54) is 18.0 Å². The van der Waals surface area contributed by atoms with Crippen LogP contribution < -0.4 is 10.6 Å². The maximum Gasteiger partial charge on any atom is 0.258 e. The van der Waals surface area contributed by atoms with E-state index in [4.69, 9.17) is 5.26 Å². The van der Waals surface area contributed by atoms with Crippen molar-refractivity contribution in [2.75, 3.05) is 10.6 Å². The third-order valence-electron chi connectivity index (χ3n) is 3.83. The molecule has 0 atom stereocenters. The molecule has 3 aromatic rings. The van der Waals surface area contributed by atoms with Crippen molar-refractivity contribution in [2.45, 2.75) is 13.3 Å². The number of benzene rings is 2. The van der Waals surface area contributed by atoms with E-state index in [-0.39, 0.29) is 5.91 Å². The summed E-state index contributed by atoms with van der Waals surface area (Å²) in [6.45, 7) is 2.08. The van der Waals surface area contributed by atoms with E-state index in [1.807, 2.05) is 30.3 Å². The van der Waals surface area contributed by atoms with Crippen molar-refractivity contribution in [3.05, 3.63) is 77.6 Å². The van der Waals surface area contributed by atoms with Crippen molar-refractivity contribution in [1.82, 2.24) is 9.97 Å². The average Bonchev–Trinajstić information content (AvgIpc) is 2.69. The van der Waals surface area contributed by atoms with Gasteiger partial charge >= 0.3 is 0 Å². The number of carbonyl (C=O) groups excluding carboxylic acids is 1. The number of para-hydroxylation sites is 1. The molecule has 0 radical (unpaired) electrons. The molecule has 0 aliphatic rings. The summed E-state index contributed by atoms with van der Waals surface area (Å²) >= 11 is 0. The van der Waals surface area contributed by atoms with Crippen LogP contribution in [0.3, 0.4) is 0 Å². The first-order chi connectivity index (χ1) is 12.7. The van der Waals surface area contributed by atoms with Gasteiger partial charge in [-0.15, -0.1) is 0 Å². The summed E-state index contributed by atoms with van der Waals surface area (Å²) in [6.07, 6.45) is 3.84. The average molecular weight is 343 g/mol. The molecule has 26 heavy (non-hydrogen) atoms. The Kier molecular flexibility index (Phi) is 5.20. The standard InChI is InChI=1S/C20H17N5O/c1-2-14-7-9-17(10-8-14)24-19(26)16-12-22-20(23-13-16)25-18-6-4-3-5-15(18)11-21/h3-10,12-13H,2H2,1H3,(H,24,26)(H,22,23,25). The Morgan fingerprint density at radius 3 is 2.42 bits per heavy atom. The molecule has 1 amide bonds. The quantitative estimate of drug-likeness (QED) is 0.733. The summed E-state index contributed by atoms with van der Waals surface area (Å²) in [4.78, 5) is 20.6. The van der Waals surface area contributed by atoms with Gasteiger partial charge in [0.05, 0.1) is 16.8 Å². The van der Waals surface area contributed by atoms with Crippen LogP contribution >= 0.6 is 0 Å². The fourth-order valence-electron chi connectivity index (χ4n) is 2.35. The van der Waals surface area contributed by atoms with Crippen molar-refractivity contribution in [3.63, 3.8) is 0 Å². The maximum absolute atomic E-state index is 12.3. The molecule has 0 bridgehead atoms. The molecule has 0 fully saturated rings. The van der Waals surface area contributed by atoms with Crippen LogP contribution in [0, 0.1) is 11.3 Å². The van der Waals surface area contributed by atoms with Crippen LogP contribution in [0.25, 0.3) is 0 Å². The molecule has 0 unspecified atom stereocenters. The fourth-order valence-corrected chi connectivity index (χ4v) is 2.35. The number of rotatable bonds is 5. The molecule has 2 N–H and O–H groups in total. The molecular formula is C20H17N5O. The van der Waals surface area contributed by atoms with Crippen molar-refractivity contribution in [3.8, 4) is 6.07 Å². The van der Waals surface area contributed by atoms with Crippen LogP contribution in [-0.4, -0.2) is 15.9 Å². The Balaban J connectivity index is 1.68. The summed E-state index contributed by atoms with van der Waals surface area (Å²) < 4.78 is 0. The van der Waals surface area contributed by atoms with Gasteiger partial charge in [0.1, 0.15) is 6.07 Å². The van der Waals surface area contributed by atoms with Crippen LogP contribution in [-0.2, 0) is 6.42 Å². The monoisotopic (exact) mass is 343 g/mol. The van der Waals surface area contributed by atoms with Crippen molar-refractivity contribution < 1.29 is 4.79 Å². The molecule has 0 aliphatic carbocycles. The summed E-state index contributed by atoms with van der Waals surface area (Å²) in [6, 6.07) is 16.9. The summed E-state index contributed by atoms with van der Waals surface area (Å²) in [5.74, 6) is 0.0368. The minimum atomic E-state index is -0.279. The summed E-state index contributed by atoms with van der Waals surface area (Å²) in [5, 5.41) is 14.9. The number of aryl methyl sites for hydroxylation is 1. The number of anilines is 3. The first kappa shape index (κ1) is 17.1. The third-order valence-corrected chi connectivity index (χ3v) is 3.83. The number of amides is 1. The van der Waals surface area contributed by atoms with Crippen molar-refractivity contribution in [1.29, 1.82) is 5.26 Å². The first-order valence-electron chi connectivity index (χ1n) is 8.18. The predicted molar refractivity (Wildman–Crippen MR) is 100 cm³/mol. The highest BCUT2D eigenvalue weighted by atomic mass is 16.1. The Hall–Kier alpha value is -3.72. The number of hydrogen-bond donors (Lipinski definition) is 2. The first-order valence-corrected chi connectivity index (χ1v) is 8.18. The fraction of sp³-hybridized carbons (Fsp3) is 0.100. The highest BCUT2D eigenvalue weighted by molar-refractivity contribution is 6.03. The van der Waals surface area contributed by atoms with E-state index in [0.717, 1.165) is 12.1 Å². The third kappa shape index (κ3) is 4.02. The number of aromatic nitrogens is 2. The maximum atomic E-state index is 12.3. The molecule has 0 saturated carbocycles. The van der Waals surface area contributed by atoms with Gasteiger partial charge in [0.2, 0.25) is 5.95 Å². The molecule has 6 heteroatoms. The second kappa shape index (κ2) is 7.90. The van der Waals surface area contributed by atoms with Gasteiger partial charge in [-0.25, -0.2) is 9.97 Å². The number of hydrogen-bond acceptors (Lipinski definition) is 5. The van der Waals surface area contributed by atoms with E-state index in [9.17, 15) is 4.79 Å². The molecule has 2 aromatic carbocycles. The Morgan fingerprint density at radius 1 is 1.08 bits per heavy atom. The van der Waals surface area contributed by atoms with E-state index < -0.39 is 0 Å². The van der Waals surface area contributed by atoms with E-state index in [0.29, 0.717) is 22.8 Å². The Bertz CT molecular complexity index is 943. The summed E-state index contributed by atoms with van der Waals surface area (Å²) in [7, 11) is 0. The number of nitriles is 1. The molecule has 1 aromatic heterocycles. The van der Waals surface area contributed by atoms with Crippen LogP contribution in [0.2, 0.25) is 0 Å². The zero-order valence-electron chi connectivity index (χ0n) is 14.2. The van der Waals surface area contributed by atoms with Crippen molar-refractivity contribution >= 4 is 23.2 Å². The van der Waals surface area contributed by atoms with Gasteiger partial charge in [0.25, 0.3) is 5.91 Å². The van der Waals surface area contributed by atoms with Gasteiger partial charge in [-0.2, -0.15) is 5.26 Å². The molecule has 0 saturated heterocycles. The van der Waals surface area contributed by atoms with E-state index >= 15 is 0 Å². The molecular weight excluding hydrogens is 326 g/mol. The molecule has 0 spiro atoms. The summed E-state index contributed by atoms with van der Waals surface area (Å²) in [5.41, 5.74) is 3.39. The zero-order valence-corrected chi connectivity index (χ0v) is 14.2. The molecule has 128 valence electrons.